The minimum atomic E-state index is -3.80. The van der Waals surface area contributed by atoms with Gasteiger partial charge in [-0.15, -0.1) is 0 Å². The van der Waals surface area contributed by atoms with Crippen LogP contribution in [0.4, 0.5) is 4.39 Å². The number of carbonyl (C=O) groups is 1. The van der Waals surface area contributed by atoms with Crippen LogP contribution in [-0.2, 0) is 10.0 Å². The molecule has 0 aliphatic heterocycles. The third kappa shape index (κ3) is 4.32. The van der Waals surface area contributed by atoms with Crippen molar-refractivity contribution < 1.29 is 17.6 Å². The zero-order chi connectivity index (χ0) is 24.8. The number of aryl methyl sites for hydroxylation is 1. The molecule has 0 aliphatic rings. The Labute approximate surface area is 197 Å². The maximum Gasteiger partial charge on any atom is 0.251 e. The van der Waals surface area contributed by atoms with Gasteiger partial charge in [-0.1, -0.05) is 18.2 Å². The summed E-state index contributed by atoms with van der Waals surface area (Å²) in [5.41, 5.74) is 7.58. The predicted molar refractivity (Wildman–Crippen MR) is 130 cm³/mol. The molecule has 0 spiro atoms. The summed E-state index contributed by atoms with van der Waals surface area (Å²) in [5, 5.41) is 0.349. The first kappa shape index (κ1) is 23.6. The third-order valence-electron chi connectivity index (χ3n) is 5.24. The summed E-state index contributed by atoms with van der Waals surface area (Å²) in [6.45, 7) is 6.86. The molecule has 2 aromatic carbocycles. The number of nitrogens with one attached hydrogen (secondary N) is 1. The molecular weight excluding hydrogens is 455 g/mol. The third-order valence-corrected chi connectivity index (χ3v) is 6.98. The lowest BCUT2D eigenvalue weighted by atomic mass is 10.1. The highest BCUT2D eigenvalue weighted by Gasteiger charge is 2.27. The van der Waals surface area contributed by atoms with E-state index in [2.05, 4.69) is 9.71 Å². The normalized spacial score (nSPS) is 12.3. The molecule has 4 aromatic rings. The molecule has 0 aliphatic carbocycles. The molecule has 0 radical (unpaired) electrons. The zero-order valence-corrected chi connectivity index (χ0v) is 20.1. The van der Waals surface area contributed by atoms with E-state index in [1.54, 1.807) is 38.3 Å². The number of hydrogen-bond acceptors (Lipinski definition) is 4. The molecule has 0 unspecified atom stereocenters. The van der Waals surface area contributed by atoms with E-state index in [-0.39, 0.29) is 10.5 Å². The Kier molecular flexibility index (Phi) is 5.79. The van der Waals surface area contributed by atoms with Crippen molar-refractivity contribution in [2.75, 3.05) is 0 Å². The number of rotatable bonds is 5. The number of nitrogens with zero attached hydrogens (tertiary/aromatic N) is 2. The molecule has 2 heterocycles. The number of para-hydroxylation sites is 1. The van der Waals surface area contributed by atoms with Crippen LogP contribution in [0.3, 0.4) is 0 Å². The van der Waals surface area contributed by atoms with E-state index in [4.69, 9.17) is 5.73 Å². The first-order valence-corrected chi connectivity index (χ1v) is 12.1. The van der Waals surface area contributed by atoms with Gasteiger partial charge in [-0.3, -0.25) is 9.78 Å². The summed E-state index contributed by atoms with van der Waals surface area (Å²) in [6.07, 6.45) is 1.23. The van der Waals surface area contributed by atoms with Crippen LogP contribution in [-0.4, -0.2) is 29.4 Å². The first-order valence-electron chi connectivity index (χ1n) is 10.6. The lowest BCUT2D eigenvalue weighted by molar-refractivity contribution is 0.100. The van der Waals surface area contributed by atoms with Crippen LogP contribution < -0.4 is 10.5 Å². The summed E-state index contributed by atoms with van der Waals surface area (Å²) in [4.78, 5) is 16.9. The highest BCUT2D eigenvalue weighted by atomic mass is 32.2. The summed E-state index contributed by atoms with van der Waals surface area (Å²) in [6, 6.07) is 15.1. The molecule has 2 aromatic heterocycles. The van der Waals surface area contributed by atoms with Crippen LogP contribution in [0.25, 0.3) is 28.0 Å². The maximum atomic E-state index is 14.5. The number of aromatic nitrogens is 2. The number of primary amides is 1. The fourth-order valence-electron chi connectivity index (χ4n) is 3.89. The van der Waals surface area contributed by atoms with Crippen molar-refractivity contribution in [2.45, 2.75) is 38.1 Å². The van der Waals surface area contributed by atoms with Gasteiger partial charge in [0.1, 0.15) is 10.7 Å². The number of halogens is 1. The molecule has 0 fully saturated rings. The molecule has 9 heteroatoms. The molecule has 176 valence electrons. The van der Waals surface area contributed by atoms with Gasteiger partial charge in [-0.2, -0.15) is 0 Å². The van der Waals surface area contributed by atoms with E-state index in [0.717, 1.165) is 0 Å². The molecule has 3 N–H and O–H groups in total. The Morgan fingerprint density at radius 2 is 1.76 bits per heavy atom. The number of pyridine rings is 1. The van der Waals surface area contributed by atoms with E-state index in [9.17, 15) is 17.6 Å². The summed E-state index contributed by atoms with van der Waals surface area (Å²) in [5.74, 6) is -1.21. The number of fused-ring (bicyclic) bond motifs is 1. The van der Waals surface area contributed by atoms with Gasteiger partial charge in [0.2, 0.25) is 10.0 Å². The van der Waals surface area contributed by atoms with Crippen molar-refractivity contribution in [2.24, 2.45) is 5.73 Å². The van der Waals surface area contributed by atoms with Gasteiger partial charge < -0.3 is 10.3 Å². The Hall–Kier alpha value is -3.56. The fraction of sp³-hybridized carbons (Fsp3) is 0.200. The van der Waals surface area contributed by atoms with Crippen molar-refractivity contribution in [1.82, 2.24) is 14.3 Å². The smallest absolute Gasteiger partial charge is 0.251 e. The largest absolute Gasteiger partial charge is 0.366 e. The van der Waals surface area contributed by atoms with Gasteiger partial charge >= 0.3 is 0 Å². The van der Waals surface area contributed by atoms with Crippen LogP contribution in [0.15, 0.2) is 65.7 Å². The van der Waals surface area contributed by atoms with E-state index >= 15 is 0 Å². The quantitative estimate of drug-likeness (QED) is 0.444. The SMILES string of the molecule is Cc1cc2c(cc1F)c(C(N)=O)c(-c1ccc(S(=O)(=O)NC(C)(C)C)cn1)n2-c1ccccc1. The highest BCUT2D eigenvalue weighted by Crippen LogP contribution is 2.37. The summed E-state index contributed by atoms with van der Waals surface area (Å²) >= 11 is 0. The number of amides is 1. The minimum absolute atomic E-state index is 0.0175. The van der Waals surface area contributed by atoms with E-state index in [1.807, 2.05) is 30.3 Å². The second-order valence-corrected chi connectivity index (χ2v) is 10.8. The summed E-state index contributed by atoms with van der Waals surface area (Å²) < 4.78 is 44.3. The first-order chi connectivity index (χ1) is 15.9. The molecule has 4 rings (SSSR count). The van der Waals surface area contributed by atoms with Crippen LogP contribution >= 0.6 is 0 Å². The Bertz CT molecular complexity index is 1500. The minimum Gasteiger partial charge on any atom is -0.366 e. The van der Waals surface area contributed by atoms with Crippen LogP contribution in [0.1, 0.15) is 36.7 Å². The molecule has 0 saturated heterocycles. The molecule has 0 atom stereocenters. The van der Waals surface area contributed by atoms with Crippen molar-refractivity contribution in [3.8, 4) is 17.1 Å². The second kappa shape index (κ2) is 8.34. The molecule has 0 saturated carbocycles. The fourth-order valence-corrected chi connectivity index (χ4v) is 5.25. The van der Waals surface area contributed by atoms with Gasteiger partial charge in [0, 0.05) is 22.8 Å². The van der Waals surface area contributed by atoms with Crippen LogP contribution in [0, 0.1) is 12.7 Å². The van der Waals surface area contributed by atoms with E-state index in [0.29, 0.717) is 33.5 Å². The second-order valence-electron chi connectivity index (χ2n) is 9.11. The molecule has 34 heavy (non-hydrogen) atoms. The van der Waals surface area contributed by atoms with Gasteiger partial charge in [0.25, 0.3) is 5.91 Å². The van der Waals surface area contributed by atoms with Gasteiger partial charge in [0.05, 0.1) is 22.5 Å². The molecule has 0 bridgehead atoms. The average Bonchev–Trinajstić information content (AvgIpc) is 3.07. The number of sulfonamides is 1. The summed E-state index contributed by atoms with van der Waals surface area (Å²) in [7, 11) is -3.80. The van der Waals surface area contributed by atoms with Gasteiger partial charge in [0.15, 0.2) is 0 Å². The topological polar surface area (TPSA) is 107 Å². The monoisotopic (exact) mass is 480 g/mol. The molecular formula is C25H25FN4O3S. The highest BCUT2D eigenvalue weighted by molar-refractivity contribution is 7.89. The lowest BCUT2D eigenvalue weighted by Gasteiger charge is -2.20. The van der Waals surface area contributed by atoms with E-state index < -0.39 is 27.3 Å². The van der Waals surface area contributed by atoms with Gasteiger partial charge in [-0.25, -0.2) is 17.5 Å². The lowest BCUT2D eigenvalue weighted by Crippen LogP contribution is -2.40. The number of carbonyl (C=O) groups excluding carboxylic acids is 1. The van der Waals surface area contributed by atoms with E-state index in [1.165, 1.54) is 24.4 Å². The van der Waals surface area contributed by atoms with Crippen LogP contribution in [0.5, 0.6) is 0 Å². The number of benzene rings is 2. The standard InChI is InChI=1S/C25H25FN4O3S/c1-15-12-21-18(13-19(15)26)22(24(27)31)23(30(21)16-8-6-5-7-9-16)20-11-10-17(14-28-20)34(32,33)29-25(2,3)4/h5-14,29H,1-4H3,(H2,27,31). The van der Waals surface area contributed by atoms with Crippen molar-refractivity contribution >= 4 is 26.8 Å². The predicted octanol–water partition coefficient (Wildman–Crippen LogP) is 4.32. The van der Waals surface area contributed by atoms with Crippen molar-refractivity contribution in [3.63, 3.8) is 0 Å². The Balaban J connectivity index is 2.01. The zero-order valence-electron chi connectivity index (χ0n) is 19.3. The Morgan fingerprint density at radius 1 is 1.09 bits per heavy atom. The maximum absolute atomic E-state index is 14.5. The van der Waals surface area contributed by atoms with Crippen molar-refractivity contribution in [3.05, 3.63) is 77.7 Å². The Morgan fingerprint density at radius 3 is 2.32 bits per heavy atom. The molecule has 7 nitrogen and oxygen atoms in total. The van der Waals surface area contributed by atoms with Crippen LogP contribution in [0.2, 0.25) is 0 Å². The average molecular weight is 481 g/mol. The molecule has 1 amide bonds. The number of hydrogen-bond donors (Lipinski definition) is 2. The van der Waals surface area contributed by atoms with Crippen molar-refractivity contribution in [1.29, 1.82) is 0 Å². The number of nitrogens with two attached hydrogens (primary N) is 1. The van der Waals surface area contributed by atoms with Gasteiger partial charge in [-0.05, 0) is 69.7 Å².